The van der Waals surface area contributed by atoms with E-state index in [1.807, 2.05) is 34.9 Å². The number of nitrogens with one attached hydrogen (secondary N) is 2. The fourth-order valence-corrected chi connectivity index (χ4v) is 4.13. The number of rotatable bonds is 6. The van der Waals surface area contributed by atoms with E-state index >= 15 is 0 Å². The fraction of sp³-hybridized carbons (Fsp3) is 0.0714. The molecular weight excluding hydrogens is 471 g/mol. The number of nitrogens with two attached hydrogens (primary N) is 1. The predicted octanol–water partition coefficient (Wildman–Crippen LogP) is 5.38. The number of nitrogen functional groups attached to an aromatic ring is 1. The van der Waals surface area contributed by atoms with E-state index in [0.717, 1.165) is 11.1 Å². The number of carbonyl (C=O) groups is 2. The summed E-state index contributed by atoms with van der Waals surface area (Å²) >= 11 is 0. The van der Waals surface area contributed by atoms with Crippen LogP contribution in [0.5, 0.6) is 0 Å². The smallest absolute Gasteiger partial charge is 0.323 e. The molecule has 3 aromatic carbocycles. The number of nitrogens with zero attached hydrogens (tertiary/aromatic N) is 3. The van der Waals surface area contributed by atoms with E-state index in [2.05, 4.69) is 20.6 Å². The van der Waals surface area contributed by atoms with Crippen LogP contribution in [0.15, 0.2) is 85.3 Å². The zero-order valence-corrected chi connectivity index (χ0v) is 19.9. The summed E-state index contributed by atoms with van der Waals surface area (Å²) in [7, 11) is 0. The van der Waals surface area contributed by atoms with Gasteiger partial charge in [-0.25, -0.2) is 19.2 Å². The highest BCUT2D eigenvalue weighted by molar-refractivity contribution is 6.18. The largest absolute Gasteiger partial charge is 0.383 e. The second-order valence-corrected chi connectivity index (χ2v) is 8.59. The lowest BCUT2D eigenvalue weighted by Gasteiger charge is -2.10. The molecule has 0 aliphatic heterocycles. The number of halogens is 1. The molecular formula is C28H23FN6O2. The van der Waals surface area contributed by atoms with Crippen molar-refractivity contribution < 1.29 is 14.0 Å². The summed E-state index contributed by atoms with van der Waals surface area (Å²) in [6, 6.07) is 20.1. The first-order chi connectivity index (χ1) is 17.9. The van der Waals surface area contributed by atoms with E-state index in [0.29, 0.717) is 34.4 Å². The monoisotopic (exact) mass is 494 g/mol. The summed E-state index contributed by atoms with van der Waals surface area (Å²) in [4.78, 5) is 34.5. The molecule has 0 bridgehead atoms. The molecule has 0 saturated carbocycles. The van der Waals surface area contributed by atoms with Crippen molar-refractivity contribution in [3.05, 3.63) is 113 Å². The Balaban J connectivity index is 1.42. The number of hydrogen-bond donors (Lipinski definition) is 3. The molecule has 0 radical (unpaired) electrons. The van der Waals surface area contributed by atoms with Crippen molar-refractivity contribution in [1.82, 2.24) is 14.5 Å². The molecule has 0 saturated heterocycles. The number of ketones is 1. The maximum absolute atomic E-state index is 14.0. The summed E-state index contributed by atoms with van der Waals surface area (Å²) in [5.74, 6) is -0.641. The standard InChI is InChI=1S/C28H23FN6O2/c1-17-10-11-22(29)23(12-17)34-28(37)33-20-9-5-8-19(13-20)25(36)21-15-35(14-18-6-3-2-4-7-18)27-24(21)26(30)31-16-32-27/h2-13,15-16H,14H2,1H3,(H2,30,31,32)(H2,33,34,37). The Labute approximate surface area is 212 Å². The minimum atomic E-state index is -0.633. The third kappa shape index (κ3) is 5.01. The van der Waals surface area contributed by atoms with Crippen molar-refractivity contribution in [3.8, 4) is 0 Å². The topological polar surface area (TPSA) is 115 Å². The average Bonchev–Trinajstić information content (AvgIpc) is 3.26. The van der Waals surface area contributed by atoms with Crippen molar-refractivity contribution in [2.24, 2.45) is 0 Å². The summed E-state index contributed by atoms with van der Waals surface area (Å²) in [6.07, 6.45) is 3.09. The molecule has 2 aromatic heterocycles. The number of aromatic nitrogens is 3. The van der Waals surface area contributed by atoms with E-state index in [4.69, 9.17) is 5.73 Å². The Morgan fingerprint density at radius 2 is 1.78 bits per heavy atom. The molecule has 37 heavy (non-hydrogen) atoms. The number of hydrogen-bond acceptors (Lipinski definition) is 5. The molecule has 5 aromatic rings. The molecule has 0 unspecified atom stereocenters. The number of amides is 2. The van der Waals surface area contributed by atoms with Crippen molar-refractivity contribution in [1.29, 1.82) is 0 Å². The molecule has 0 spiro atoms. The van der Waals surface area contributed by atoms with Gasteiger partial charge in [-0.3, -0.25) is 4.79 Å². The number of fused-ring (bicyclic) bond motifs is 1. The Bertz CT molecular complexity index is 1630. The summed E-state index contributed by atoms with van der Waals surface area (Å²) in [6.45, 7) is 2.30. The third-order valence-corrected chi connectivity index (χ3v) is 5.88. The first-order valence-corrected chi connectivity index (χ1v) is 11.5. The summed E-state index contributed by atoms with van der Waals surface area (Å²) < 4.78 is 15.9. The predicted molar refractivity (Wildman–Crippen MR) is 141 cm³/mol. The minimum absolute atomic E-state index is 0.0615. The molecule has 5 rings (SSSR count). The van der Waals surface area contributed by atoms with Crippen LogP contribution in [0.1, 0.15) is 27.0 Å². The van der Waals surface area contributed by atoms with Crippen LogP contribution in [0.2, 0.25) is 0 Å². The fourth-order valence-electron chi connectivity index (χ4n) is 4.13. The average molecular weight is 495 g/mol. The van der Waals surface area contributed by atoms with Crippen LogP contribution in [0.25, 0.3) is 11.0 Å². The number of anilines is 3. The highest BCUT2D eigenvalue weighted by Gasteiger charge is 2.21. The molecule has 0 aliphatic carbocycles. The molecule has 0 atom stereocenters. The van der Waals surface area contributed by atoms with Gasteiger partial charge in [-0.15, -0.1) is 0 Å². The second kappa shape index (κ2) is 9.90. The zero-order valence-electron chi connectivity index (χ0n) is 19.9. The van der Waals surface area contributed by atoms with Crippen LogP contribution in [0.4, 0.5) is 26.4 Å². The van der Waals surface area contributed by atoms with Gasteiger partial charge in [0.15, 0.2) is 5.78 Å². The molecule has 2 amide bonds. The third-order valence-electron chi connectivity index (χ3n) is 5.88. The van der Waals surface area contributed by atoms with Crippen LogP contribution in [0, 0.1) is 12.7 Å². The molecule has 184 valence electrons. The van der Waals surface area contributed by atoms with E-state index in [9.17, 15) is 14.0 Å². The molecule has 0 aliphatic rings. The van der Waals surface area contributed by atoms with Crippen LogP contribution in [0.3, 0.4) is 0 Å². The Morgan fingerprint density at radius 1 is 0.973 bits per heavy atom. The maximum Gasteiger partial charge on any atom is 0.323 e. The van der Waals surface area contributed by atoms with Gasteiger partial charge in [0.2, 0.25) is 0 Å². The lowest BCUT2D eigenvalue weighted by molar-refractivity contribution is 0.104. The molecule has 2 heterocycles. The van der Waals surface area contributed by atoms with Gasteiger partial charge in [-0.05, 0) is 42.3 Å². The zero-order chi connectivity index (χ0) is 25.9. The normalized spacial score (nSPS) is 10.9. The minimum Gasteiger partial charge on any atom is -0.383 e. The summed E-state index contributed by atoms with van der Waals surface area (Å²) in [5.41, 5.74) is 9.67. The molecule has 0 fully saturated rings. The van der Waals surface area contributed by atoms with Crippen molar-refractivity contribution in [3.63, 3.8) is 0 Å². The van der Waals surface area contributed by atoms with Gasteiger partial charge in [-0.2, -0.15) is 0 Å². The Hall–Kier alpha value is -5.05. The SMILES string of the molecule is Cc1ccc(F)c(NC(=O)Nc2cccc(C(=O)c3cn(Cc4ccccc4)c4ncnc(N)c34)c2)c1. The van der Waals surface area contributed by atoms with E-state index in [-0.39, 0.29) is 17.3 Å². The van der Waals surface area contributed by atoms with E-state index in [1.165, 1.54) is 18.5 Å². The number of carbonyl (C=O) groups excluding carboxylic acids is 2. The quantitative estimate of drug-likeness (QED) is 0.274. The highest BCUT2D eigenvalue weighted by Crippen LogP contribution is 2.27. The van der Waals surface area contributed by atoms with E-state index < -0.39 is 11.8 Å². The molecule has 9 heteroatoms. The van der Waals surface area contributed by atoms with Gasteiger partial charge in [0.25, 0.3) is 0 Å². The maximum atomic E-state index is 14.0. The number of benzene rings is 3. The lowest BCUT2D eigenvalue weighted by atomic mass is 10.0. The van der Waals surface area contributed by atoms with Crippen molar-refractivity contribution in [2.75, 3.05) is 16.4 Å². The van der Waals surface area contributed by atoms with Gasteiger partial charge >= 0.3 is 6.03 Å². The van der Waals surface area contributed by atoms with Crippen LogP contribution in [-0.2, 0) is 6.54 Å². The lowest BCUT2D eigenvalue weighted by Crippen LogP contribution is -2.20. The van der Waals surface area contributed by atoms with E-state index in [1.54, 1.807) is 43.5 Å². The van der Waals surface area contributed by atoms with Crippen molar-refractivity contribution >= 4 is 40.0 Å². The first kappa shape index (κ1) is 23.7. The highest BCUT2D eigenvalue weighted by atomic mass is 19.1. The van der Waals surface area contributed by atoms with Gasteiger partial charge < -0.3 is 20.9 Å². The second-order valence-electron chi connectivity index (χ2n) is 8.59. The summed E-state index contributed by atoms with van der Waals surface area (Å²) in [5, 5.41) is 5.61. The van der Waals surface area contributed by atoms with Crippen molar-refractivity contribution in [2.45, 2.75) is 13.5 Å². The first-order valence-electron chi connectivity index (χ1n) is 11.5. The number of aryl methyl sites for hydroxylation is 1. The van der Waals surface area contributed by atoms with Crippen LogP contribution in [-0.4, -0.2) is 26.3 Å². The Kier molecular flexibility index (Phi) is 6.34. The van der Waals surface area contributed by atoms with Gasteiger partial charge in [0, 0.05) is 24.0 Å². The number of urea groups is 1. The van der Waals surface area contributed by atoms with Gasteiger partial charge in [-0.1, -0.05) is 48.5 Å². The Morgan fingerprint density at radius 3 is 2.59 bits per heavy atom. The van der Waals surface area contributed by atoms with Crippen LogP contribution >= 0.6 is 0 Å². The van der Waals surface area contributed by atoms with Gasteiger partial charge in [0.1, 0.15) is 23.6 Å². The molecule has 8 nitrogen and oxygen atoms in total. The van der Waals surface area contributed by atoms with Gasteiger partial charge in [0.05, 0.1) is 16.6 Å². The van der Waals surface area contributed by atoms with Crippen LogP contribution < -0.4 is 16.4 Å². The molecule has 4 N–H and O–H groups in total.